The molecule has 1 aromatic heterocycles. The molecule has 0 saturated carbocycles. The summed E-state index contributed by atoms with van der Waals surface area (Å²) in [7, 11) is 0. The van der Waals surface area contributed by atoms with Crippen LogP contribution in [0, 0.1) is 17.3 Å². The Bertz CT molecular complexity index is 547. The summed E-state index contributed by atoms with van der Waals surface area (Å²) in [6, 6.07) is 5.80. The molecule has 0 unspecified atom stereocenters. The van der Waals surface area contributed by atoms with E-state index in [4.69, 9.17) is 5.26 Å². The molecule has 0 fully saturated rings. The number of rotatable bonds is 3. The first-order valence-electron chi connectivity index (χ1n) is 4.72. The van der Waals surface area contributed by atoms with Crippen molar-refractivity contribution in [2.24, 2.45) is 0 Å². The van der Waals surface area contributed by atoms with Crippen LogP contribution in [0.4, 0.5) is 10.1 Å². The van der Waals surface area contributed by atoms with E-state index >= 15 is 0 Å². The molecule has 6 heteroatoms. The van der Waals surface area contributed by atoms with Crippen molar-refractivity contribution in [2.75, 3.05) is 4.90 Å². The van der Waals surface area contributed by atoms with Gasteiger partial charge in [-0.2, -0.15) is 5.26 Å². The van der Waals surface area contributed by atoms with E-state index in [2.05, 4.69) is 27.1 Å². The molecule has 0 N–H and O–H groups in total. The number of nitrogens with zero attached hydrogens (tertiary/aromatic N) is 3. The molecular formula is C11H7BrFN3S. The zero-order valence-corrected chi connectivity index (χ0v) is 11.0. The number of halogens is 2. The number of benzene rings is 1. The van der Waals surface area contributed by atoms with Gasteiger partial charge in [0.25, 0.3) is 0 Å². The minimum absolute atomic E-state index is 0.316. The number of hydrogen-bond donors (Lipinski definition) is 0. The van der Waals surface area contributed by atoms with E-state index in [-0.39, 0.29) is 5.82 Å². The summed E-state index contributed by atoms with van der Waals surface area (Å²) in [6.45, 7) is 0.387. The Morgan fingerprint density at radius 2 is 2.12 bits per heavy atom. The van der Waals surface area contributed by atoms with Crippen LogP contribution in [-0.4, -0.2) is 4.98 Å². The van der Waals surface area contributed by atoms with Crippen molar-refractivity contribution in [2.45, 2.75) is 6.54 Å². The average molecular weight is 312 g/mol. The molecule has 0 aliphatic rings. The molecule has 0 aliphatic heterocycles. The van der Waals surface area contributed by atoms with Crippen LogP contribution in [0.3, 0.4) is 0 Å². The topological polar surface area (TPSA) is 39.9 Å². The largest absolute Gasteiger partial charge is 0.273 e. The summed E-state index contributed by atoms with van der Waals surface area (Å²) in [5.74, 6) is -0.316. The third-order valence-electron chi connectivity index (χ3n) is 2.08. The van der Waals surface area contributed by atoms with E-state index < -0.39 is 0 Å². The van der Waals surface area contributed by atoms with Gasteiger partial charge >= 0.3 is 0 Å². The van der Waals surface area contributed by atoms with Crippen LogP contribution in [-0.2, 0) is 6.54 Å². The van der Waals surface area contributed by atoms with Gasteiger partial charge in [0, 0.05) is 0 Å². The minimum atomic E-state index is -0.316. The predicted octanol–water partition coefficient (Wildman–Crippen LogP) is 3.53. The van der Waals surface area contributed by atoms with Gasteiger partial charge < -0.3 is 0 Å². The lowest BCUT2D eigenvalue weighted by Crippen LogP contribution is -2.15. The second-order valence-corrected chi connectivity index (χ2v) is 5.72. The van der Waals surface area contributed by atoms with Gasteiger partial charge in [-0.15, -0.1) is 11.3 Å². The summed E-state index contributed by atoms with van der Waals surface area (Å²) in [5.41, 5.74) is 0.653. The Balaban J connectivity index is 2.17. The van der Waals surface area contributed by atoms with E-state index in [1.165, 1.54) is 28.4 Å². The molecule has 0 amide bonds. The third-order valence-corrected chi connectivity index (χ3v) is 3.54. The molecule has 0 radical (unpaired) electrons. The fraction of sp³-hybridized carbons (Fsp3) is 0.0909. The van der Waals surface area contributed by atoms with Crippen molar-refractivity contribution >= 4 is 33.0 Å². The number of anilines is 1. The summed E-state index contributed by atoms with van der Waals surface area (Å²) in [6.07, 6.45) is 3.75. The zero-order valence-electron chi connectivity index (χ0n) is 8.60. The van der Waals surface area contributed by atoms with Crippen LogP contribution in [0.2, 0.25) is 0 Å². The monoisotopic (exact) mass is 311 g/mol. The molecule has 0 bridgehead atoms. The van der Waals surface area contributed by atoms with Crippen molar-refractivity contribution < 1.29 is 4.39 Å². The molecular weight excluding hydrogens is 305 g/mol. The first-order chi connectivity index (χ1) is 8.19. The molecule has 2 aromatic rings. The molecule has 0 aliphatic carbocycles. The van der Waals surface area contributed by atoms with Gasteiger partial charge in [0.2, 0.25) is 0 Å². The average Bonchev–Trinajstić information content (AvgIpc) is 2.73. The molecule has 0 spiro atoms. The van der Waals surface area contributed by atoms with Gasteiger partial charge in [-0.1, -0.05) is 0 Å². The summed E-state index contributed by atoms with van der Waals surface area (Å²) >= 11 is 4.78. The molecule has 17 heavy (non-hydrogen) atoms. The maximum atomic E-state index is 12.8. The lowest BCUT2D eigenvalue weighted by atomic mass is 10.3. The quantitative estimate of drug-likeness (QED) is 0.643. The van der Waals surface area contributed by atoms with Gasteiger partial charge in [0.1, 0.15) is 10.8 Å². The molecule has 1 heterocycles. The predicted molar refractivity (Wildman–Crippen MR) is 68.0 cm³/mol. The van der Waals surface area contributed by atoms with Crippen LogP contribution in [0.5, 0.6) is 0 Å². The van der Waals surface area contributed by atoms with E-state index in [0.717, 1.165) is 8.79 Å². The van der Waals surface area contributed by atoms with Crippen molar-refractivity contribution in [3.05, 3.63) is 45.1 Å². The van der Waals surface area contributed by atoms with Crippen LogP contribution >= 0.6 is 27.3 Å². The van der Waals surface area contributed by atoms with E-state index in [1.807, 2.05) is 0 Å². The van der Waals surface area contributed by atoms with Crippen LogP contribution in [0.1, 0.15) is 5.01 Å². The van der Waals surface area contributed by atoms with E-state index in [9.17, 15) is 4.39 Å². The Morgan fingerprint density at radius 1 is 1.41 bits per heavy atom. The van der Waals surface area contributed by atoms with Crippen molar-refractivity contribution in [3.8, 4) is 6.19 Å². The van der Waals surface area contributed by atoms with Crippen molar-refractivity contribution in [1.29, 1.82) is 5.26 Å². The highest BCUT2D eigenvalue weighted by Gasteiger charge is 2.09. The molecule has 2 rings (SSSR count). The molecule has 0 saturated heterocycles. The van der Waals surface area contributed by atoms with Crippen molar-refractivity contribution in [1.82, 2.24) is 4.98 Å². The standard InChI is InChI=1S/C11H7BrFN3S/c12-10-5-15-11(17-10)6-16(7-14)9-3-1-8(13)2-4-9/h1-5H,6H2. The Hall–Kier alpha value is -1.45. The highest BCUT2D eigenvalue weighted by Crippen LogP contribution is 2.22. The summed E-state index contributed by atoms with van der Waals surface area (Å²) < 4.78 is 13.7. The first-order valence-corrected chi connectivity index (χ1v) is 6.33. The fourth-order valence-corrected chi connectivity index (χ4v) is 2.59. The number of hydrogen-bond acceptors (Lipinski definition) is 4. The highest BCUT2D eigenvalue weighted by molar-refractivity contribution is 9.11. The molecule has 1 aromatic carbocycles. The van der Waals surface area contributed by atoms with Gasteiger partial charge in [0.15, 0.2) is 6.19 Å². The van der Waals surface area contributed by atoms with Crippen molar-refractivity contribution in [3.63, 3.8) is 0 Å². The normalized spacial score (nSPS) is 9.94. The zero-order chi connectivity index (χ0) is 12.3. The molecule has 86 valence electrons. The molecule has 0 atom stereocenters. The fourth-order valence-electron chi connectivity index (χ4n) is 1.30. The molecule has 3 nitrogen and oxygen atoms in total. The maximum Gasteiger partial charge on any atom is 0.184 e. The van der Waals surface area contributed by atoms with Crippen LogP contribution < -0.4 is 4.90 Å². The number of aromatic nitrogens is 1. The second kappa shape index (κ2) is 5.25. The first kappa shape index (κ1) is 12.0. The number of thiazole rings is 1. The Morgan fingerprint density at radius 3 is 2.65 bits per heavy atom. The third kappa shape index (κ3) is 3.02. The van der Waals surface area contributed by atoms with E-state index in [1.54, 1.807) is 18.3 Å². The van der Waals surface area contributed by atoms with Crippen LogP contribution in [0.15, 0.2) is 34.2 Å². The van der Waals surface area contributed by atoms with Gasteiger partial charge in [-0.3, -0.25) is 4.90 Å². The Labute approximate surface area is 110 Å². The highest BCUT2D eigenvalue weighted by atomic mass is 79.9. The van der Waals surface area contributed by atoms with Gasteiger partial charge in [-0.25, -0.2) is 9.37 Å². The van der Waals surface area contributed by atoms with Gasteiger partial charge in [0.05, 0.1) is 22.2 Å². The number of nitriles is 1. The smallest absolute Gasteiger partial charge is 0.184 e. The lowest BCUT2D eigenvalue weighted by Gasteiger charge is -2.13. The SMILES string of the molecule is N#CN(Cc1ncc(Br)s1)c1ccc(F)cc1. The minimum Gasteiger partial charge on any atom is -0.273 e. The van der Waals surface area contributed by atoms with E-state index in [0.29, 0.717) is 12.2 Å². The second-order valence-electron chi connectivity index (χ2n) is 3.22. The lowest BCUT2D eigenvalue weighted by molar-refractivity contribution is 0.627. The summed E-state index contributed by atoms with van der Waals surface area (Å²) in [5, 5.41) is 9.89. The summed E-state index contributed by atoms with van der Waals surface area (Å²) in [4.78, 5) is 5.61. The maximum absolute atomic E-state index is 12.8. The van der Waals surface area contributed by atoms with Crippen LogP contribution in [0.25, 0.3) is 0 Å². The Kier molecular flexibility index (Phi) is 3.71. The van der Waals surface area contributed by atoms with Gasteiger partial charge in [-0.05, 0) is 40.2 Å².